The van der Waals surface area contributed by atoms with E-state index >= 15 is 0 Å². The lowest BCUT2D eigenvalue weighted by Crippen LogP contribution is -2.01. The van der Waals surface area contributed by atoms with Gasteiger partial charge in [-0.05, 0) is 41.1 Å². The average Bonchev–Trinajstić information content (AvgIpc) is 3.08. The Morgan fingerprint density at radius 3 is 2.76 bits per heavy atom. The van der Waals surface area contributed by atoms with E-state index < -0.39 is 0 Å². The van der Waals surface area contributed by atoms with E-state index in [0.29, 0.717) is 10.9 Å². The number of benzene rings is 2. The highest BCUT2D eigenvalue weighted by Gasteiger charge is 2.12. The molecule has 2 heterocycles. The molecule has 124 valence electrons. The fourth-order valence-electron chi connectivity index (χ4n) is 2.60. The Balaban J connectivity index is 1.62. The molecule has 0 aliphatic heterocycles. The SMILES string of the molecule is Cc1ccccc1-n1nnnc1SCc1cc2ccccc2nc1Cl. The second-order valence-corrected chi connectivity index (χ2v) is 6.88. The summed E-state index contributed by atoms with van der Waals surface area (Å²) >= 11 is 7.88. The number of aromatic nitrogens is 5. The molecule has 0 aliphatic rings. The molecule has 2 aromatic heterocycles. The van der Waals surface area contributed by atoms with Crippen LogP contribution in [0.25, 0.3) is 16.6 Å². The van der Waals surface area contributed by atoms with Gasteiger partial charge in [-0.15, -0.1) is 5.10 Å². The lowest BCUT2D eigenvalue weighted by molar-refractivity contribution is 0.752. The van der Waals surface area contributed by atoms with Gasteiger partial charge >= 0.3 is 0 Å². The molecule has 7 heteroatoms. The molecule has 2 aromatic carbocycles. The maximum absolute atomic E-state index is 6.34. The van der Waals surface area contributed by atoms with Crippen molar-refractivity contribution in [2.75, 3.05) is 0 Å². The van der Waals surface area contributed by atoms with Crippen LogP contribution in [0.1, 0.15) is 11.1 Å². The number of hydrogen-bond acceptors (Lipinski definition) is 5. The van der Waals surface area contributed by atoms with Crippen LogP contribution in [0.15, 0.2) is 59.8 Å². The zero-order chi connectivity index (χ0) is 17.2. The predicted octanol–water partition coefficient (Wildman–Crippen LogP) is 4.46. The normalized spacial score (nSPS) is 11.1. The highest BCUT2D eigenvalue weighted by Crippen LogP contribution is 2.28. The van der Waals surface area contributed by atoms with Gasteiger partial charge in [0.2, 0.25) is 5.16 Å². The minimum Gasteiger partial charge on any atom is -0.236 e. The largest absolute Gasteiger partial charge is 0.236 e. The summed E-state index contributed by atoms with van der Waals surface area (Å²) in [4.78, 5) is 4.46. The number of para-hydroxylation sites is 2. The number of thioether (sulfide) groups is 1. The first-order valence-electron chi connectivity index (χ1n) is 7.74. The van der Waals surface area contributed by atoms with Crippen LogP contribution in [0.3, 0.4) is 0 Å². The third-order valence-electron chi connectivity index (χ3n) is 3.89. The molecule has 0 N–H and O–H groups in total. The molecule has 0 saturated heterocycles. The fraction of sp³-hybridized carbons (Fsp3) is 0.111. The quantitative estimate of drug-likeness (QED) is 0.393. The van der Waals surface area contributed by atoms with Gasteiger partial charge in [-0.3, -0.25) is 0 Å². The summed E-state index contributed by atoms with van der Waals surface area (Å²) in [5, 5.41) is 14.4. The van der Waals surface area contributed by atoms with Crippen molar-refractivity contribution in [3.8, 4) is 5.69 Å². The summed E-state index contributed by atoms with van der Waals surface area (Å²) in [5.41, 5.74) is 3.94. The number of fused-ring (bicyclic) bond motifs is 1. The van der Waals surface area contributed by atoms with Crippen LogP contribution in [0.2, 0.25) is 5.15 Å². The molecule has 0 spiro atoms. The predicted molar refractivity (Wildman–Crippen MR) is 100 cm³/mol. The molecule has 0 saturated carbocycles. The number of halogens is 1. The van der Waals surface area contributed by atoms with Gasteiger partial charge in [0.1, 0.15) is 5.15 Å². The Bertz CT molecular complexity index is 1050. The van der Waals surface area contributed by atoms with Gasteiger partial charge in [-0.25, -0.2) is 4.98 Å². The van der Waals surface area contributed by atoms with Gasteiger partial charge < -0.3 is 0 Å². The lowest BCUT2D eigenvalue weighted by atomic mass is 10.2. The molecule has 4 rings (SSSR count). The molecule has 0 unspecified atom stereocenters. The van der Waals surface area contributed by atoms with Gasteiger partial charge in [0, 0.05) is 16.7 Å². The number of tetrazole rings is 1. The topological polar surface area (TPSA) is 56.5 Å². The number of hydrogen-bond donors (Lipinski definition) is 0. The van der Waals surface area contributed by atoms with Crippen LogP contribution in [-0.2, 0) is 5.75 Å². The van der Waals surface area contributed by atoms with Gasteiger partial charge in [0.25, 0.3) is 0 Å². The minimum atomic E-state index is 0.515. The molecular weight excluding hydrogens is 354 g/mol. The summed E-state index contributed by atoms with van der Waals surface area (Å²) in [5.74, 6) is 0.642. The summed E-state index contributed by atoms with van der Waals surface area (Å²) < 4.78 is 1.75. The van der Waals surface area contributed by atoms with Crippen LogP contribution in [0.4, 0.5) is 0 Å². The molecule has 0 fully saturated rings. The van der Waals surface area contributed by atoms with Crippen LogP contribution >= 0.6 is 23.4 Å². The van der Waals surface area contributed by atoms with Crippen LogP contribution < -0.4 is 0 Å². The molecule has 0 bridgehead atoms. The van der Waals surface area contributed by atoms with Crippen molar-refractivity contribution in [3.63, 3.8) is 0 Å². The van der Waals surface area contributed by atoms with Crippen LogP contribution in [0, 0.1) is 6.92 Å². The van der Waals surface area contributed by atoms with E-state index in [4.69, 9.17) is 11.6 Å². The maximum atomic E-state index is 6.34. The molecule has 0 radical (unpaired) electrons. The molecule has 0 atom stereocenters. The van der Waals surface area contributed by atoms with E-state index in [9.17, 15) is 0 Å². The summed E-state index contributed by atoms with van der Waals surface area (Å²) in [6.07, 6.45) is 0. The van der Waals surface area contributed by atoms with Crippen molar-refractivity contribution < 1.29 is 0 Å². The van der Waals surface area contributed by atoms with E-state index in [-0.39, 0.29) is 0 Å². The average molecular weight is 368 g/mol. The van der Waals surface area contributed by atoms with E-state index in [1.807, 2.05) is 55.5 Å². The lowest BCUT2D eigenvalue weighted by Gasteiger charge is -2.08. The van der Waals surface area contributed by atoms with Crippen molar-refractivity contribution >= 4 is 34.3 Å². The van der Waals surface area contributed by atoms with Gasteiger partial charge in [0.05, 0.1) is 11.2 Å². The van der Waals surface area contributed by atoms with E-state index in [0.717, 1.165) is 32.9 Å². The Labute approximate surface area is 154 Å². The number of nitrogens with zero attached hydrogens (tertiary/aromatic N) is 5. The third-order valence-corrected chi connectivity index (χ3v) is 5.19. The Hall–Kier alpha value is -2.44. The van der Waals surface area contributed by atoms with Crippen molar-refractivity contribution in [1.82, 2.24) is 25.2 Å². The second-order valence-electron chi connectivity index (χ2n) is 5.58. The van der Waals surface area contributed by atoms with E-state index in [1.54, 1.807) is 4.68 Å². The van der Waals surface area contributed by atoms with Crippen molar-refractivity contribution in [2.24, 2.45) is 0 Å². The Kier molecular flexibility index (Phi) is 4.38. The number of rotatable bonds is 4. The molecule has 25 heavy (non-hydrogen) atoms. The standard InChI is InChI=1S/C18H14ClN5S/c1-12-6-2-5-9-16(12)24-18(21-22-23-24)25-11-14-10-13-7-3-4-8-15(13)20-17(14)19/h2-10H,11H2,1H3. The number of aryl methyl sites for hydroxylation is 1. The molecule has 5 nitrogen and oxygen atoms in total. The van der Waals surface area contributed by atoms with Gasteiger partial charge in [-0.2, -0.15) is 4.68 Å². The fourth-order valence-corrected chi connectivity index (χ4v) is 3.75. The molecular formula is C18H14ClN5S. The molecule has 0 aliphatic carbocycles. The van der Waals surface area contributed by atoms with Crippen LogP contribution in [0.5, 0.6) is 0 Å². The highest BCUT2D eigenvalue weighted by molar-refractivity contribution is 7.98. The Morgan fingerprint density at radius 2 is 1.88 bits per heavy atom. The highest BCUT2D eigenvalue weighted by atomic mass is 35.5. The molecule has 4 aromatic rings. The second kappa shape index (κ2) is 6.82. The minimum absolute atomic E-state index is 0.515. The monoisotopic (exact) mass is 367 g/mol. The first kappa shape index (κ1) is 16.1. The summed E-state index contributed by atoms with van der Waals surface area (Å²) in [7, 11) is 0. The first-order valence-corrected chi connectivity index (χ1v) is 9.10. The van der Waals surface area contributed by atoms with Gasteiger partial charge in [-0.1, -0.05) is 59.8 Å². The van der Waals surface area contributed by atoms with Crippen molar-refractivity contribution in [2.45, 2.75) is 17.8 Å². The van der Waals surface area contributed by atoms with E-state index in [2.05, 4.69) is 26.6 Å². The third kappa shape index (κ3) is 3.23. The van der Waals surface area contributed by atoms with Crippen LogP contribution in [-0.4, -0.2) is 25.2 Å². The summed E-state index contributed by atoms with van der Waals surface area (Å²) in [6.45, 7) is 2.04. The molecule has 0 amide bonds. The summed E-state index contributed by atoms with van der Waals surface area (Å²) in [6, 6.07) is 18.0. The van der Waals surface area contributed by atoms with Gasteiger partial charge in [0.15, 0.2) is 0 Å². The smallest absolute Gasteiger partial charge is 0.214 e. The van der Waals surface area contributed by atoms with E-state index in [1.165, 1.54) is 11.8 Å². The number of pyridine rings is 1. The van der Waals surface area contributed by atoms with Crippen molar-refractivity contribution in [1.29, 1.82) is 0 Å². The first-order chi connectivity index (χ1) is 12.2. The zero-order valence-corrected chi connectivity index (χ0v) is 15.0. The zero-order valence-electron chi connectivity index (χ0n) is 13.4. The maximum Gasteiger partial charge on any atom is 0.214 e. The Morgan fingerprint density at radius 1 is 1.08 bits per heavy atom. The van der Waals surface area contributed by atoms with Crippen molar-refractivity contribution in [3.05, 3.63) is 70.9 Å².